The molecule has 1 heterocycles. The summed E-state index contributed by atoms with van der Waals surface area (Å²) >= 11 is 3.15. The largest absolute Gasteiger partial charge is 0.380 e. The Morgan fingerprint density at radius 3 is 2.73 bits per heavy atom. The van der Waals surface area contributed by atoms with Crippen LogP contribution in [0.4, 0.5) is 0 Å². The Hall–Kier alpha value is -1.58. The Labute approximate surface area is 137 Å². The molecule has 0 fully saturated rings. The van der Waals surface area contributed by atoms with Crippen LogP contribution < -0.4 is 0 Å². The zero-order chi connectivity index (χ0) is 16.0. The van der Waals surface area contributed by atoms with Crippen LogP contribution in [0.2, 0.25) is 0 Å². The third kappa shape index (κ3) is 3.99. The van der Waals surface area contributed by atoms with Gasteiger partial charge < -0.3 is 4.74 Å². The van der Waals surface area contributed by atoms with E-state index in [4.69, 9.17) is 4.74 Å². The number of rotatable bonds is 7. The van der Waals surface area contributed by atoms with Gasteiger partial charge in [0.2, 0.25) is 9.84 Å². The van der Waals surface area contributed by atoms with E-state index < -0.39 is 15.9 Å². The number of para-hydroxylation sites is 1. The number of benzene rings is 1. The summed E-state index contributed by atoms with van der Waals surface area (Å²) in [6.45, 7) is 0. The van der Waals surface area contributed by atoms with E-state index in [-0.39, 0.29) is 10.9 Å². The molecule has 2 aromatic rings. The molecule has 1 atom stereocenters. The maximum Gasteiger partial charge on any atom is 0.272 e. The van der Waals surface area contributed by atoms with E-state index in [9.17, 15) is 8.42 Å². The zero-order valence-electron chi connectivity index (χ0n) is 11.8. The molecule has 2 rings (SSSR count). The lowest BCUT2D eigenvalue weighted by atomic mass is 10.3. The summed E-state index contributed by atoms with van der Waals surface area (Å²) in [5.74, 6) is -0.200. The van der Waals surface area contributed by atoms with Crippen molar-refractivity contribution in [2.75, 3.05) is 12.9 Å². The van der Waals surface area contributed by atoms with Crippen molar-refractivity contribution in [1.29, 1.82) is 0 Å². The Kier molecular flexibility index (Phi) is 5.81. The molecule has 0 saturated heterocycles. The minimum Gasteiger partial charge on any atom is -0.380 e. The second-order valence-electron chi connectivity index (χ2n) is 4.45. The lowest BCUT2D eigenvalue weighted by molar-refractivity contribution is 0.123. The molecule has 118 valence electrons. The molecular formula is C13H15BrN4O3S. The van der Waals surface area contributed by atoms with Gasteiger partial charge in [0.05, 0.1) is 17.5 Å². The number of ether oxygens (including phenoxy) is 1. The smallest absolute Gasteiger partial charge is 0.272 e. The van der Waals surface area contributed by atoms with Crippen LogP contribution in [0.5, 0.6) is 0 Å². The van der Waals surface area contributed by atoms with Crippen molar-refractivity contribution < 1.29 is 13.2 Å². The average molecular weight is 387 g/mol. The fourth-order valence-corrected chi connectivity index (χ4v) is 3.55. The molecule has 0 aliphatic heterocycles. The molecule has 0 bridgehead atoms. The van der Waals surface area contributed by atoms with Crippen LogP contribution in [0.25, 0.3) is 5.69 Å². The van der Waals surface area contributed by atoms with E-state index in [1.54, 1.807) is 35.3 Å². The number of nitrogens with zero attached hydrogens (tertiary/aromatic N) is 4. The van der Waals surface area contributed by atoms with E-state index in [2.05, 4.69) is 31.5 Å². The molecule has 1 aromatic heterocycles. The molecule has 0 radical (unpaired) electrons. The van der Waals surface area contributed by atoms with E-state index >= 15 is 0 Å². The highest BCUT2D eigenvalue weighted by molar-refractivity contribution is 9.11. The number of aromatic nitrogens is 4. The maximum absolute atomic E-state index is 12.5. The van der Waals surface area contributed by atoms with Crippen molar-refractivity contribution in [3.8, 4) is 5.69 Å². The predicted molar refractivity (Wildman–Crippen MR) is 84.7 cm³/mol. The first-order chi connectivity index (χ1) is 10.6. The van der Waals surface area contributed by atoms with Crippen LogP contribution in [0.3, 0.4) is 0 Å². The molecule has 9 heteroatoms. The fourth-order valence-electron chi connectivity index (χ4n) is 1.86. The highest BCUT2D eigenvalue weighted by Gasteiger charge is 2.27. The number of hydrogen-bond donors (Lipinski definition) is 0. The van der Waals surface area contributed by atoms with E-state index in [0.29, 0.717) is 12.1 Å². The van der Waals surface area contributed by atoms with Gasteiger partial charge in [-0.3, -0.25) is 0 Å². The van der Waals surface area contributed by atoms with Crippen LogP contribution in [-0.4, -0.2) is 47.6 Å². The summed E-state index contributed by atoms with van der Waals surface area (Å²) in [4.78, 5) is 1.67. The second kappa shape index (κ2) is 7.61. The Morgan fingerprint density at radius 1 is 1.36 bits per heavy atom. The van der Waals surface area contributed by atoms with Gasteiger partial charge in [0.25, 0.3) is 5.16 Å². The number of hydrogen-bond acceptors (Lipinski definition) is 6. The number of tetrazole rings is 1. The molecule has 0 amide bonds. The van der Waals surface area contributed by atoms with Crippen molar-refractivity contribution >= 4 is 25.8 Å². The van der Waals surface area contributed by atoms with Crippen LogP contribution in [-0.2, 0) is 14.6 Å². The van der Waals surface area contributed by atoms with Gasteiger partial charge in [-0.15, -0.1) is 0 Å². The molecular weight excluding hydrogens is 372 g/mol. The van der Waals surface area contributed by atoms with Gasteiger partial charge in [-0.05, 0) is 34.0 Å². The third-order valence-corrected chi connectivity index (χ3v) is 4.94. The summed E-state index contributed by atoms with van der Waals surface area (Å²) in [5.41, 5.74) is 0.584. The van der Waals surface area contributed by atoms with E-state index in [0.717, 1.165) is 0 Å². The molecule has 1 aromatic carbocycles. The Balaban J connectivity index is 2.29. The van der Waals surface area contributed by atoms with Crippen LogP contribution in [0.1, 0.15) is 6.42 Å². The van der Waals surface area contributed by atoms with Crippen molar-refractivity contribution in [3.05, 3.63) is 41.4 Å². The second-order valence-corrected chi connectivity index (χ2v) is 6.90. The first kappa shape index (κ1) is 16.8. The fraction of sp³-hybridized carbons (Fsp3) is 0.308. The quantitative estimate of drug-likeness (QED) is 0.720. The van der Waals surface area contributed by atoms with Crippen LogP contribution >= 0.6 is 15.9 Å². The molecule has 0 saturated carbocycles. The number of methoxy groups -OCH3 is 1. The van der Waals surface area contributed by atoms with Crippen molar-refractivity contribution in [2.45, 2.75) is 17.7 Å². The first-order valence-corrected chi connectivity index (χ1v) is 9.00. The molecule has 22 heavy (non-hydrogen) atoms. The van der Waals surface area contributed by atoms with E-state index in [1.165, 1.54) is 11.8 Å². The lowest BCUT2D eigenvalue weighted by Crippen LogP contribution is -2.25. The molecule has 0 unspecified atom stereocenters. The maximum atomic E-state index is 12.5. The summed E-state index contributed by atoms with van der Waals surface area (Å²) < 4.78 is 31.5. The van der Waals surface area contributed by atoms with Crippen LogP contribution in [0, 0.1) is 0 Å². The van der Waals surface area contributed by atoms with Gasteiger partial charge in [0, 0.05) is 7.11 Å². The van der Waals surface area contributed by atoms with Crippen molar-refractivity contribution in [1.82, 2.24) is 20.2 Å². The SMILES string of the molecule is CO[C@H](C/C=C/Br)CS(=O)(=O)c1nnnn1-c1ccccc1. The average Bonchev–Trinajstić information content (AvgIpc) is 3.03. The highest BCUT2D eigenvalue weighted by atomic mass is 79.9. The Morgan fingerprint density at radius 2 is 2.09 bits per heavy atom. The molecule has 0 N–H and O–H groups in total. The van der Waals surface area contributed by atoms with Crippen LogP contribution in [0.15, 0.2) is 46.5 Å². The molecule has 0 aliphatic rings. The molecule has 7 nitrogen and oxygen atoms in total. The minimum atomic E-state index is -3.68. The summed E-state index contributed by atoms with van der Waals surface area (Å²) in [5, 5.41) is 10.7. The topological polar surface area (TPSA) is 87.0 Å². The molecule has 0 aliphatic carbocycles. The normalized spacial score (nSPS) is 13.5. The highest BCUT2D eigenvalue weighted by Crippen LogP contribution is 2.15. The minimum absolute atomic E-state index is 0.191. The predicted octanol–water partition coefficient (Wildman–Crippen LogP) is 1.75. The standard InChI is InChI=1S/C13H15BrN4O3S/c1-21-12(8-5-9-14)10-22(19,20)13-15-16-17-18(13)11-6-3-2-4-7-11/h2-7,9,12H,8,10H2,1H3/b9-5+/t12-/m1/s1. The van der Waals surface area contributed by atoms with Crippen molar-refractivity contribution in [2.24, 2.45) is 0 Å². The summed E-state index contributed by atoms with van der Waals surface area (Å²) in [7, 11) is -2.21. The number of sulfone groups is 1. The van der Waals surface area contributed by atoms with Gasteiger partial charge in [-0.2, -0.15) is 4.68 Å². The van der Waals surface area contributed by atoms with Gasteiger partial charge in [0.15, 0.2) is 0 Å². The number of halogens is 1. The van der Waals surface area contributed by atoms with Gasteiger partial charge in [-0.1, -0.05) is 45.3 Å². The molecule has 0 spiro atoms. The van der Waals surface area contributed by atoms with Crippen molar-refractivity contribution in [3.63, 3.8) is 0 Å². The lowest BCUT2D eigenvalue weighted by Gasteiger charge is -2.13. The first-order valence-electron chi connectivity index (χ1n) is 6.43. The monoisotopic (exact) mass is 386 g/mol. The third-order valence-electron chi connectivity index (χ3n) is 2.95. The van der Waals surface area contributed by atoms with Gasteiger partial charge in [0.1, 0.15) is 0 Å². The summed E-state index contributed by atoms with van der Waals surface area (Å²) in [6, 6.07) is 8.86. The van der Waals surface area contributed by atoms with Gasteiger partial charge >= 0.3 is 0 Å². The zero-order valence-corrected chi connectivity index (χ0v) is 14.2. The Bertz CT molecular complexity index is 731. The van der Waals surface area contributed by atoms with Gasteiger partial charge in [-0.25, -0.2) is 8.42 Å². The summed E-state index contributed by atoms with van der Waals surface area (Å²) in [6.07, 6.45) is 1.78. The van der Waals surface area contributed by atoms with E-state index in [1.807, 2.05) is 6.07 Å².